The van der Waals surface area contributed by atoms with Crippen LogP contribution in [0.25, 0.3) is 0 Å². The topological polar surface area (TPSA) is 26.3 Å². The molecular weight excluding hydrogens is 351 g/mol. The molecule has 8 heteroatoms. The van der Waals surface area contributed by atoms with Crippen molar-refractivity contribution in [3.8, 4) is 0 Å². The standard InChI is InChI=1S/C16H15F5O2S/c1-8(9-4-2-5-9)23-14-10-6-3-7-11(24-16(19,20)21)12(10)13(22)15(14,17)18/h3,6-9,14H,2,4-5H2,1H3. The second kappa shape index (κ2) is 5.98. The summed E-state index contributed by atoms with van der Waals surface area (Å²) in [5.74, 6) is -5.31. The van der Waals surface area contributed by atoms with Gasteiger partial charge in [-0.2, -0.15) is 22.0 Å². The van der Waals surface area contributed by atoms with Crippen LogP contribution in [0, 0.1) is 5.92 Å². The predicted octanol–water partition coefficient (Wildman–Crippen LogP) is 5.38. The second-order valence-corrected chi connectivity index (χ2v) is 7.24. The van der Waals surface area contributed by atoms with E-state index in [0.29, 0.717) is 0 Å². The van der Waals surface area contributed by atoms with E-state index in [1.807, 2.05) is 0 Å². The van der Waals surface area contributed by atoms with Gasteiger partial charge in [0.2, 0.25) is 5.78 Å². The zero-order valence-electron chi connectivity index (χ0n) is 12.7. The lowest BCUT2D eigenvalue weighted by molar-refractivity contribution is -0.144. The average molecular weight is 366 g/mol. The van der Waals surface area contributed by atoms with Crippen molar-refractivity contribution < 1.29 is 31.5 Å². The van der Waals surface area contributed by atoms with Crippen LogP contribution in [0.5, 0.6) is 0 Å². The summed E-state index contributed by atoms with van der Waals surface area (Å²) in [7, 11) is 0. The zero-order valence-corrected chi connectivity index (χ0v) is 13.5. The molecule has 2 unspecified atom stereocenters. The molecule has 1 aromatic rings. The Morgan fingerprint density at radius 2 is 1.96 bits per heavy atom. The third-order valence-electron chi connectivity index (χ3n) is 4.59. The van der Waals surface area contributed by atoms with E-state index in [1.54, 1.807) is 6.92 Å². The maximum Gasteiger partial charge on any atom is 0.446 e. The summed E-state index contributed by atoms with van der Waals surface area (Å²) in [6.45, 7) is 1.66. The highest BCUT2D eigenvalue weighted by molar-refractivity contribution is 8.00. The van der Waals surface area contributed by atoms with Gasteiger partial charge in [-0.1, -0.05) is 18.6 Å². The van der Waals surface area contributed by atoms with E-state index in [0.717, 1.165) is 25.3 Å². The molecule has 0 aromatic heterocycles. The fraction of sp³-hybridized carbons (Fsp3) is 0.562. The number of ether oxygens (including phenoxy) is 1. The molecule has 2 atom stereocenters. The van der Waals surface area contributed by atoms with Gasteiger partial charge in [0, 0.05) is 10.5 Å². The fourth-order valence-corrected chi connectivity index (χ4v) is 3.80. The van der Waals surface area contributed by atoms with Crippen LogP contribution < -0.4 is 0 Å². The van der Waals surface area contributed by atoms with Crippen molar-refractivity contribution in [1.82, 2.24) is 0 Å². The van der Waals surface area contributed by atoms with Gasteiger partial charge in [0.25, 0.3) is 0 Å². The minimum absolute atomic E-state index is 0.146. The van der Waals surface area contributed by atoms with Gasteiger partial charge in [0.15, 0.2) is 6.10 Å². The Balaban J connectivity index is 1.95. The second-order valence-electron chi connectivity index (χ2n) is 6.13. The van der Waals surface area contributed by atoms with Crippen LogP contribution in [0.3, 0.4) is 0 Å². The van der Waals surface area contributed by atoms with E-state index in [2.05, 4.69) is 0 Å². The van der Waals surface area contributed by atoms with Crippen molar-refractivity contribution in [2.75, 3.05) is 0 Å². The first-order valence-corrected chi connectivity index (χ1v) is 8.39. The molecule has 0 spiro atoms. The number of rotatable bonds is 4. The van der Waals surface area contributed by atoms with Gasteiger partial charge in [-0.15, -0.1) is 0 Å². The van der Waals surface area contributed by atoms with Crippen LogP contribution in [0.15, 0.2) is 23.1 Å². The molecule has 24 heavy (non-hydrogen) atoms. The summed E-state index contributed by atoms with van der Waals surface area (Å²) in [4.78, 5) is 11.6. The normalized spacial score (nSPS) is 24.6. The summed E-state index contributed by atoms with van der Waals surface area (Å²) < 4.78 is 72.1. The number of benzene rings is 1. The van der Waals surface area contributed by atoms with Gasteiger partial charge >= 0.3 is 11.4 Å². The number of alkyl halides is 5. The van der Waals surface area contributed by atoms with E-state index in [9.17, 15) is 26.7 Å². The summed E-state index contributed by atoms with van der Waals surface area (Å²) in [6, 6.07) is 3.52. The minimum Gasteiger partial charge on any atom is -0.363 e. The molecule has 3 rings (SSSR count). The molecule has 0 aliphatic heterocycles. The summed E-state index contributed by atoms with van der Waals surface area (Å²) in [6.07, 6.45) is 0.423. The molecule has 1 aromatic carbocycles. The average Bonchev–Trinajstić information content (AvgIpc) is 2.57. The zero-order chi connectivity index (χ0) is 17.7. The van der Waals surface area contributed by atoms with E-state index in [1.165, 1.54) is 12.1 Å². The molecule has 2 aliphatic rings. The number of hydrogen-bond donors (Lipinski definition) is 0. The van der Waals surface area contributed by atoms with E-state index in [-0.39, 0.29) is 11.5 Å². The Morgan fingerprint density at radius 1 is 1.29 bits per heavy atom. The Labute approximate surface area is 139 Å². The molecule has 2 nitrogen and oxygen atoms in total. The highest BCUT2D eigenvalue weighted by Crippen LogP contribution is 2.51. The van der Waals surface area contributed by atoms with Gasteiger partial charge in [0.05, 0.1) is 6.10 Å². The molecule has 132 valence electrons. The quantitative estimate of drug-likeness (QED) is 0.529. The largest absolute Gasteiger partial charge is 0.446 e. The summed E-state index contributed by atoms with van der Waals surface area (Å²) in [5.41, 5.74) is -5.40. The number of halogens is 5. The van der Waals surface area contributed by atoms with Crippen LogP contribution in [0.1, 0.15) is 48.2 Å². The Hall–Kier alpha value is -1.15. The van der Waals surface area contributed by atoms with Gasteiger partial charge in [-0.3, -0.25) is 4.79 Å². The number of ketones is 1. The van der Waals surface area contributed by atoms with Gasteiger partial charge < -0.3 is 4.74 Å². The predicted molar refractivity (Wildman–Crippen MR) is 78.3 cm³/mol. The molecule has 2 aliphatic carbocycles. The van der Waals surface area contributed by atoms with Crippen molar-refractivity contribution in [2.24, 2.45) is 5.92 Å². The fourth-order valence-electron chi connectivity index (χ4n) is 3.09. The molecular formula is C16H15F5O2S. The lowest BCUT2D eigenvalue weighted by Gasteiger charge is -2.34. The van der Waals surface area contributed by atoms with Gasteiger partial charge in [-0.05, 0) is 49.1 Å². The molecule has 0 N–H and O–H groups in total. The Bertz CT molecular complexity index is 654. The lowest BCUT2D eigenvalue weighted by atomic mass is 9.81. The third kappa shape index (κ3) is 3.06. The number of carbonyl (C=O) groups is 1. The molecule has 0 bridgehead atoms. The van der Waals surface area contributed by atoms with Gasteiger partial charge in [-0.25, -0.2) is 0 Å². The maximum atomic E-state index is 14.4. The first-order valence-electron chi connectivity index (χ1n) is 7.58. The first kappa shape index (κ1) is 17.7. The van der Waals surface area contributed by atoms with Crippen molar-refractivity contribution in [3.63, 3.8) is 0 Å². The van der Waals surface area contributed by atoms with E-state index >= 15 is 0 Å². The van der Waals surface area contributed by atoms with Crippen LogP contribution in [0.2, 0.25) is 0 Å². The molecule has 0 saturated heterocycles. The highest BCUT2D eigenvalue weighted by atomic mass is 32.2. The monoisotopic (exact) mass is 366 g/mol. The summed E-state index contributed by atoms with van der Waals surface area (Å²) >= 11 is -0.556. The minimum atomic E-state index is -4.66. The maximum absolute atomic E-state index is 14.4. The molecule has 1 saturated carbocycles. The van der Waals surface area contributed by atoms with E-state index in [4.69, 9.17) is 4.74 Å². The van der Waals surface area contributed by atoms with Crippen LogP contribution in [-0.4, -0.2) is 23.3 Å². The Kier molecular flexibility index (Phi) is 4.40. The number of carbonyl (C=O) groups excluding carboxylic acids is 1. The summed E-state index contributed by atoms with van der Waals surface area (Å²) in [5, 5.41) is 0. The SMILES string of the molecule is CC(OC1c2cccc(SC(F)(F)F)c2C(=O)C1(F)F)C1CCC1. The molecule has 0 radical (unpaired) electrons. The van der Waals surface area contributed by atoms with Crippen molar-refractivity contribution >= 4 is 17.5 Å². The van der Waals surface area contributed by atoms with Crippen molar-refractivity contribution in [1.29, 1.82) is 0 Å². The molecule has 0 amide bonds. The van der Waals surface area contributed by atoms with Crippen LogP contribution in [-0.2, 0) is 4.74 Å². The molecule has 1 fully saturated rings. The molecule has 0 heterocycles. The van der Waals surface area contributed by atoms with Crippen molar-refractivity contribution in [2.45, 2.75) is 54.7 Å². The first-order chi connectivity index (χ1) is 11.1. The Morgan fingerprint density at radius 3 is 2.50 bits per heavy atom. The van der Waals surface area contributed by atoms with Crippen molar-refractivity contribution in [3.05, 3.63) is 29.3 Å². The van der Waals surface area contributed by atoms with Gasteiger partial charge in [0.1, 0.15) is 0 Å². The van der Waals surface area contributed by atoms with Crippen LogP contribution >= 0.6 is 11.8 Å². The highest BCUT2D eigenvalue weighted by Gasteiger charge is 2.58. The number of hydrogen-bond acceptors (Lipinski definition) is 3. The lowest BCUT2D eigenvalue weighted by Crippen LogP contribution is -2.35. The number of fused-ring (bicyclic) bond motifs is 1. The third-order valence-corrected chi connectivity index (χ3v) is 5.38. The number of thioether (sulfide) groups is 1. The number of Topliss-reactive ketones (excluding diaryl/α,β-unsaturated/α-hetero) is 1. The van der Waals surface area contributed by atoms with E-state index < -0.39 is 51.6 Å². The smallest absolute Gasteiger partial charge is 0.363 e. The van der Waals surface area contributed by atoms with Crippen LogP contribution in [0.4, 0.5) is 22.0 Å².